The van der Waals surface area contributed by atoms with Crippen LogP contribution in [0.5, 0.6) is 5.75 Å². The molecule has 3 aromatic rings. The number of para-hydroxylation sites is 1. The van der Waals surface area contributed by atoms with E-state index in [1.807, 2.05) is 46.1 Å². The fourth-order valence-corrected chi connectivity index (χ4v) is 3.53. The molecule has 0 spiro atoms. The molecule has 0 bridgehead atoms. The molecule has 0 atom stereocenters. The van der Waals surface area contributed by atoms with Crippen LogP contribution in [-0.4, -0.2) is 55.6 Å². The van der Waals surface area contributed by atoms with Gasteiger partial charge >= 0.3 is 0 Å². The highest BCUT2D eigenvalue weighted by Gasteiger charge is 2.30. The molecule has 5 rings (SSSR count). The predicted molar refractivity (Wildman–Crippen MR) is 102 cm³/mol. The van der Waals surface area contributed by atoms with Crippen molar-refractivity contribution in [1.82, 2.24) is 30.0 Å². The number of benzene rings is 1. The Bertz CT molecular complexity index is 973. The number of ether oxygens (including phenoxy) is 1. The largest absolute Gasteiger partial charge is 0.484 e. The third-order valence-corrected chi connectivity index (χ3v) is 5.41. The number of carbonyl (C=O) groups is 1. The number of aromatic nitrogens is 5. The molecule has 9 nitrogen and oxygen atoms in total. The Morgan fingerprint density at radius 2 is 1.93 bits per heavy atom. The Kier molecular flexibility index (Phi) is 4.71. The zero-order valence-corrected chi connectivity index (χ0v) is 16.0. The molecule has 2 aromatic heterocycles. The van der Waals surface area contributed by atoms with E-state index in [2.05, 4.69) is 20.5 Å². The van der Waals surface area contributed by atoms with Gasteiger partial charge in [-0.25, -0.2) is 4.68 Å². The summed E-state index contributed by atoms with van der Waals surface area (Å²) < 4.78 is 12.7. The summed E-state index contributed by atoms with van der Waals surface area (Å²) in [5, 5.41) is 12.5. The van der Waals surface area contributed by atoms with Gasteiger partial charge in [-0.05, 0) is 37.8 Å². The number of piperidine rings is 1. The van der Waals surface area contributed by atoms with E-state index in [4.69, 9.17) is 9.26 Å². The fraction of sp³-hybridized carbons (Fsp3) is 0.450. The monoisotopic (exact) mass is 394 g/mol. The number of amides is 1. The highest BCUT2D eigenvalue weighted by Crippen LogP contribution is 2.38. The van der Waals surface area contributed by atoms with Crippen LogP contribution in [0.2, 0.25) is 0 Å². The zero-order chi connectivity index (χ0) is 19.6. The SMILES string of the molecule is O=C(COc1ccccc1)N1CCC(n2cc(-c3nc(C4CC4)no3)nn2)CC1. The molecular weight excluding hydrogens is 372 g/mol. The number of likely N-dealkylation sites (tertiary alicyclic amines) is 1. The molecule has 2 fully saturated rings. The van der Waals surface area contributed by atoms with Gasteiger partial charge in [0.2, 0.25) is 0 Å². The van der Waals surface area contributed by atoms with Gasteiger partial charge in [0.05, 0.1) is 12.2 Å². The van der Waals surface area contributed by atoms with E-state index in [-0.39, 0.29) is 18.6 Å². The second-order valence-electron chi connectivity index (χ2n) is 7.53. The smallest absolute Gasteiger partial charge is 0.280 e. The summed E-state index contributed by atoms with van der Waals surface area (Å²) in [5.74, 6) is 2.33. The maximum Gasteiger partial charge on any atom is 0.280 e. The Labute approximate surface area is 167 Å². The quantitative estimate of drug-likeness (QED) is 0.633. The first-order valence-corrected chi connectivity index (χ1v) is 9.98. The van der Waals surface area contributed by atoms with Gasteiger partial charge < -0.3 is 14.2 Å². The van der Waals surface area contributed by atoms with Gasteiger partial charge in [0.1, 0.15) is 5.75 Å². The number of rotatable bonds is 6. The first-order chi connectivity index (χ1) is 14.3. The average Bonchev–Trinajstić information content (AvgIpc) is 3.29. The summed E-state index contributed by atoms with van der Waals surface area (Å²) in [7, 11) is 0. The maximum absolute atomic E-state index is 12.4. The molecule has 1 amide bonds. The van der Waals surface area contributed by atoms with Crippen LogP contribution in [0.25, 0.3) is 11.6 Å². The molecular formula is C20H22N6O3. The molecule has 1 saturated heterocycles. The summed E-state index contributed by atoms with van der Waals surface area (Å²) >= 11 is 0. The highest BCUT2D eigenvalue weighted by atomic mass is 16.5. The Morgan fingerprint density at radius 1 is 1.14 bits per heavy atom. The number of hydrogen-bond donors (Lipinski definition) is 0. The molecule has 1 aliphatic heterocycles. The predicted octanol–water partition coefficient (Wildman–Crippen LogP) is 2.45. The topological polar surface area (TPSA) is 99.2 Å². The molecule has 9 heteroatoms. The summed E-state index contributed by atoms with van der Waals surface area (Å²) in [6.07, 6.45) is 5.73. The van der Waals surface area contributed by atoms with Crippen molar-refractivity contribution in [1.29, 1.82) is 0 Å². The van der Waals surface area contributed by atoms with Crippen molar-refractivity contribution < 1.29 is 14.1 Å². The van der Waals surface area contributed by atoms with Crippen molar-refractivity contribution in [3.8, 4) is 17.3 Å². The molecule has 1 saturated carbocycles. The standard InChI is InChI=1S/C20H22N6O3/c27-18(13-28-16-4-2-1-3-5-16)25-10-8-15(9-11-25)26-12-17(22-24-26)20-21-19(23-29-20)14-6-7-14/h1-5,12,14-15H,6-11,13H2. The molecule has 0 radical (unpaired) electrons. The Hall–Kier alpha value is -3.23. The summed E-state index contributed by atoms with van der Waals surface area (Å²) in [6, 6.07) is 9.58. The van der Waals surface area contributed by atoms with E-state index in [0.29, 0.717) is 36.3 Å². The minimum Gasteiger partial charge on any atom is -0.484 e. The van der Waals surface area contributed by atoms with Crippen molar-refractivity contribution in [2.45, 2.75) is 37.6 Å². The molecule has 1 aliphatic carbocycles. The highest BCUT2D eigenvalue weighted by molar-refractivity contribution is 5.77. The molecule has 1 aromatic carbocycles. The van der Waals surface area contributed by atoms with E-state index >= 15 is 0 Å². The minimum atomic E-state index is 0.00467. The van der Waals surface area contributed by atoms with Gasteiger partial charge in [0.15, 0.2) is 18.1 Å². The lowest BCUT2D eigenvalue weighted by Gasteiger charge is -2.31. The third kappa shape index (κ3) is 3.98. The minimum absolute atomic E-state index is 0.00467. The summed E-state index contributed by atoms with van der Waals surface area (Å²) in [5.41, 5.74) is 0.596. The van der Waals surface area contributed by atoms with Crippen LogP contribution in [0.1, 0.15) is 43.5 Å². The van der Waals surface area contributed by atoms with E-state index in [0.717, 1.165) is 31.5 Å². The van der Waals surface area contributed by atoms with E-state index in [1.54, 1.807) is 0 Å². The van der Waals surface area contributed by atoms with Crippen molar-refractivity contribution >= 4 is 5.91 Å². The lowest BCUT2D eigenvalue weighted by molar-refractivity contribution is -0.134. The Balaban J connectivity index is 1.14. The first-order valence-electron chi connectivity index (χ1n) is 9.98. The number of hydrogen-bond acceptors (Lipinski definition) is 7. The van der Waals surface area contributed by atoms with Gasteiger partial charge in [0.25, 0.3) is 11.8 Å². The van der Waals surface area contributed by atoms with Crippen molar-refractivity contribution in [2.24, 2.45) is 0 Å². The Morgan fingerprint density at radius 3 is 2.69 bits per heavy atom. The van der Waals surface area contributed by atoms with Crippen molar-refractivity contribution in [2.75, 3.05) is 19.7 Å². The van der Waals surface area contributed by atoms with Crippen LogP contribution in [0.4, 0.5) is 0 Å². The molecule has 150 valence electrons. The van der Waals surface area contributed by atoms with Crippen molar-refractivity contribution in [3.63, 3.8) is 0 Å². The van der Waals surface area contributed by atoms with E-state index in [9.17, 15) is 4.79 Å². The van der Waals surface area contributed by atoms with Crippen molar-refractivity contribution in [3.05, 3.63) is 42.4 Å². The van der Waals surface area contributed by atoms with Crippen LogP contribution < -0.4 is 4.74 Å². The molecule has 0 unspecified atom stereocenters. The maximum atomic E-state index is 12.4. The van der Waals surface area contributed by atoms with Crippen LogP contribution in [0.3, 0.4) is 0 Å². The van der Waals surface area contributed by atoms with Gasteiger partial charge in [0, 0.05) is 19.0 Å². The van der Waals surface area contributed by atoms with E-state index < -0.39 is 0 Å². The van der Waals surface area contributed by atoms with Gasteiger partial charge in [-0.15, -0.1) is 5.10 Å². The average molecular weight is 394 g/mol. The number of nitrogens with zero attached hydrogens (tertiary/aromatic N) is 6. The normalized spacial score (nSPS) is 17.4. The second-order valence-corrected chi connectivity index (χ2v) is 7.53. The van der Waals surface area contributed by atoms with Crippen LogP contribution >= 0.6 is 0 Å². The third-order valence-electron chi connectivity index (χ3n) is 5.41. The molecule has 29 heavy (non-hydrogen) atoms. The second kappa shape index (κ2) is 7.65. The molecule has 2 aliphatic rings. The van der Waals surface area contributed by atoms with Crippen LogP contribution in [-0.2, 0) is 4.79 Å². The van der Waals surface area contributed by atoms with Crippen LogP contribution in [0, 0.1) is 0 Å². The fourth-order valence-electron chi connectivity index (χ4n) is 3.53. The number of carbonyl (C=O) groups excluding carboxylic acids is 1. The van der Waals surface area contributed by atoms with E-state index in [1.165, 1.54) is 0 Å². The van der Waals surface area contributed by atoms with Gasteiger partial charge in [-0.3, -0.25) is 4.79 Å². The lowest BCUT2D eigenvalue weighted by atomic mass is 10.1. The summed E-state index contributed by atoms with van der Waals surface area (Å²) in [6.45, 7) is 1.40. The summed E-state index contributed by atoms with van der Waals surface area (Å²) in [4.78, 5) is 18.7. The van der Waals surface area contributed by atoms with Crippen LogP contribution in [0.15, 0.2) is 41.1 Å². The first kappa shape index (κ1) is 17.8. The zero-order valence-electron chi connectivity index (χ0n) is 16.0. The lowest BCUT2D eigenvalue weighted by Crippen LogP contribution is -2.41. The van der Waals surface area contributed by atoms with Gasteiger partial charge in [-0.2, -0.15) is 4.98 Å². The molecule has 0 N–H and O–H groups in total. The van der Waals surface area contributed by atoms with Gasteiger partial charge in [-0.1, -0.05) is 28.6 Å². The molecule has 3 heterocycles.